The predicted molar refractivity (Wildman–Crippen MR) is 73.2 cm³/mol. The molecule has 0 radical (unpaired) electrons. The lowest BCUT2D eigenvalue weighted by Gasteiger charge is -2.07. The first-order chi connectivity index (χ1) is 10.1. The summed E-state index contributed by atoms with van der Waals surface area (Å²) >= 11 is 0. The molecule has 0 aliphatic carbocycles. The SMILES string of the molecule is O=C(Cn1c(=O)[nH]c2ccccc2c1=O)Nn1cnnc1. The number of H-pyrrole nitrogens is 1. The van der Waals surface area contributed by atoms with Crippen LogP contribution in [0.5, 0.6) is 0 Å². The van der Waals surface area contributed by atoms with Crippen molar-refractivity contribution >= 4 is 16.8 Å². The highest BCUT2D eigenvalue weighted by atomic mass is 16.2. The number of para-hydroxylation sites is 1. The fourth-order valence-corrected chi connectivity index (χ4v) is 1.92. The quantitative estimate of drug-likeness (QED) is 0.644. The van der Waals surface area contributed by atoms with E-state index in [1.54, 1.807) is 24.3 Å². The molecule has 2 N–H and O–H groups in total. The Balaban J connectivity index is 1.95. The molecular formula is C12H10N6O3. The number of nitrogens with zero attached hydrogens (tertiary/aromatic N) is 4. The highest BCUT2D eigenvalue weighted by molar-refractivity contribution is 5.84. The number of carbonyl (C=O) groups excluding carboxylic acids is 1. The Hall–Kier alpha value is -3.23. The maximum Gasteiger partial charge on any atom is 0.329 e. The molecule has 21 heavy (non-hydrogen) atoms. The molecule has 0 saturated heterocycles. The van der Waals surface area contributed by atoms with E-state index in [1.807, 2.05) is 0 Å². The molecule has 0 unspecified atom stereocenters. The molecule has 0 atom stereocenters. The summed E-state index contributed by atoms with van der Waals surface area (Å²) in [6.45, 7) is -0.406. The predicted octanol–water partition coefficient (Wildman–Crippen LogP) is -0.948. The average molecular weight is 286 g/mol. The van der Waals surface area contributed by atoms with Crippen molar-refractivity contribution in [2.24, 2.45) is 0 Å². The molecule has 3 rings (SSSR count). The van der Waals surface area contributed by atoms with Crippen LogP contribution in [-0.4, -0.2) is 30.3 Å². The summed E-state index contributed by atoms with van der Waals surface area (Å²) in [5, 5.41) is 7.38. The number of rotatable bonds is 3. The summed E-state index contributed by atoms with van der Waals surface area (Å²) in [5.41, 5.74) is 1.69. The van der Waals surface area contributed by atoms with Crippen molar-refractivity contribution in [3.05, 3.63) is 57.8 Å². The number of aromatic nitrogens is 5. The van der Waals surface area contributed by atoms with Crippen LogP contribution in [-0.2, 0) is 11.3 Å². The summed E-state index contributed by atoms with van der Waals surface area (Å²) < 4.78 is 2.06. The Morgan fingerprint density at radius 3 is 2.67 bits per heavy atom. The van der Waals surface area contributed by atoms with Gasteiger partial charge in [-0.2, -0.15) is 0 Å². The Kier molecular flexibility index (Phi) is 3.07. The molecule has 0 aliphatic heterocycles. The van der Waals surface area contributed by atoms with Crippen LogP contribution >= 0.6 is 0 Å². The fourth-order valence-electron chi connectivity index (χ4n) is 1.92. The summed E-state index contributed by atoms with van der Waals surface area (Å²) in [7, 11) is 0. The molecule has 9 heteroatoms. The maximum absolute atomic E-state index is 12.2. The largest absolute Gasteiger partial charge is 0.329 e. The number of hydrogen-bond acceptors (Lipinski definition) is 5. The van der Waals surface area contributed by atoms with E-state index >= 15 is 0 Å². The minimum Gasteiger partial charge on any atom is -0.307 e. The topological polar surface area (TPSA) is 115 Å². The molecule has 3 aromatic rings. The molecule has 2 aromatic heterocycles. The lowest BCUT2D eigenvalue weighted by atomic mass is 10.2. The second kappa shape index (κ2) is 5.04. The number of nitrogens with one attached hydrogen (secondary N) is 2. The van der Waals surface area contributed by atoms with Crippen LogP contribution in [0.4, 0.5) is 0 Å². The Bertz CT molecular complexity index is 909. The van der Waals surface area contributed by atoms with E-state index in [2.05, 4.69) is 20.6 Å². The molecule has 106 valence electrons. The van der Waals surface area contributed by atoms with Gasteiger partial charge in [-0.15, -0.1) is 10.2 Å². The molecule has 0 bridgehead atoms. The highest BCUT2D eigenvalue weighted by Crippen LogP contribution is 2.02. The third-order valence-electron chi connectivity index (χ3n) is 2.86. The first-order valence-electron chi connectivity index (χ1n) is 6.01. The molecule has 0 fully saturated rings. The van der Waals surface area contributed by atoms with Gasteiger partial charge in [0.15, 0.2) is 0 Å². The second-order valence-electron chi connectivity index (χ2n) is 4.27. The molecule has 0 spiro atoms. The maximum atomic E-state index is 12.2. The standard InChI is InChI=1S/C12H10N6O3/c19-10(16-17-6-13-14-7-17)5-18-11(20)8-3-1-2-4-9(8)15-12(18)21/h1-4,6-7H,5H2,(H,15,21)(H,16,19). The third kappa shape index (κ3) is 2.43. The van der Waals surface area contributed by atoms with Crippen molar-refractivity contribution in [2.75, 3.05) is 5.43 Å². The highest BCUT2D eigenvalue weighted by Gasteiger charge is 2.11. The molecular weight excluding hydrogens is 276 g/mol. The van der Waals surface area contributed by atoms with E-state index < -0.39 is 23.7 Å². The van der Waals surface area contributed by atoms with Crippen LogP contribution in [0.25, 0.3) is 10.9 Å². The molecule has 0 aliphatic rings. The number of fused-ring (bicyclic) bond motifs is 1. The zero-order valence-electron chi connectivity index (χ0n) is 10.7. The van der Waals surface area contributed by atoms with Crippen LogP contribution in [0.1, 0.15) is 0 Å². The minimum atomic E-state index is -0.641. The van der Waals surface area contributed by atoms with Gasteiger partial charge in [-0.25, -0.2) is 9.47 Å². The fraction of sp³-hybridized carbons (Fsp3) is 0.0833. The van der Waals surface area contributed by atoms with Gasteiger partial charge in [-0.1, -0.05) is 12.1 Å². The van der Waals surface area contributed by atoms with Crippen LogP contribution in [0.3, 0.4) is 0 Å². The van der Waals surface area contributed by atoms with Gasteiger partial charge in [0.1, 0.15) is 19.2 Å². The van der Waals surface area contributed by atoms with E-state index in [0.717, 1.165) is 4.57 Å². The average Bonchev–Trinajstić information content (AvgIpc) is 2.96. The molecule has 1 aromatic carbocycles. The van der Waals surface area contributed by atoms with Gasteiger partial charge in [0.05, 0.1) is 10.9 Å². The zero-order valence-corrected chi connectivity index (χ0v) is 10.7. The number of amides is 1. The molecule has 9 nitrogen and oxygen atoms in total. The van der Waals surface area contributed by atoms with Crippen molar-refractivity contribution in [1.82, 2.24) is 24.4 Å². The molecule has 2 heterocycles. The van der Waals surface area contributed by atoms with Gasteiger partial charge in [0, 0.05) is 0 Å². The van der Waals surface area contributed by atoms with Crippen molar-refractivity contribution in [1.29, 1.82) is 0 Å². The Morgan fingerprint density at radius 2 is 1.90 bits per heavy atom. The monoisotopic (exact) mass is 286 g/mol. The first-order valence-corrected chi connectivity index (χ1v) is 6.01. The van der Waals surface area contributed by atoms with Gasteiger partial charge < -0.3 is 4.98 Å². The molecule has 0 saturated carbocycles. The number of carbonyl (C=O) groups is 1. The normalized spacial score (nSPS) is 10.7. The van der Waals surface area contributed by atoms with Crippen molar-refractivity contribution < 1.29 is 4.79 Å². The zero-order chi connectivity index (χ0) is 14.8. The summed E-state index contributed by atoms with van der Waals surface area (Å²) in [4.78, 5) is 38.5. The van der Waals surface area contributed by atoms with Crippen molar-refractivity contribution in [2.45, 2.75) is 6.54 Å². The van der Waals surface area contributed by atoms with E-state index in [-0.39, 0.29) is 0 Å². The van der Waals surface area contributed by atoms with E-state index in [0.29, 0.717) is 10.9 Å². The van der Waals surface area contributed by atoms with Crippen LogP contribution < -0.4 is 16.7 Å². The Morgan fingerprint density at radius 1 is 1.19 bits per heavy atom. The third-order valence-corrected chi connectivity index (χ3v) is 2.86. The van der Waals surface area contributed by atoms with E-state index in [4.69, 9.17) is 0 Å². The lowest BCUT2D eigenvalue weighted by molar-refractivity contribution is -0.117. The summed E-state index contributed by atoms with van der Waals surface area (Å²) in [6.07, 6.45) is 2.57. The number of hydrogen-bond donors (Lipinski definition) is 2. The van der Waals surface area contributed by atoms with Crippen LogP contribution in [0.2, 0.25) is 0 Å². The van der Waals surface area contributed by atoms with Crippen molar-refractivity contribution in [3.63, 3.8) is 0 Å². The number of aromatic amines is 1. The number of benzene rings is 1. The second-order valence-corrected chi connectivity index (χ2v) is 4.27. The minimum absolute atomic E-state index is 0.342. The van der Waals surface area contributed by atoms with Gasteiger partial charge in [0.2, 0.25) is 0 Å². The lowest BCUT2D eigenvalue weighted by Crippen LogP contribution is -2.39. The smallest absolute Gasteiger partial charge is 0.307 e. The van der Waals surface area contributed by atoms with Crippen molar-refractivity contribution in [3.8, 4) is 0 Å². The van der Waals surface area contributed by atoms with E-state index in [1.165, 1.54) is 17.3 Å². The summed E-state index contributed by atoms with van der Waals surface area (Å²) in [5.74, 6) is -0.544. The van der Waals surface area contributed by atoms with Crippen LogP contribution in [0, 0.1) is 0 Å². The first kappa shape index (κ1) is 12.8. The molecule has 1 amide bonds. The van der Waals surface area contributed by atoms with Gasteiger partial charge in [0.25, 0.3) is 11.5 Å². The van der Waals surface area contributed by atoms with Crippen LogP contribution in [0.15, 0.2) is 46.5 Å². The Labute approximate surface area is 116 Å². The van der Waals surface area contributed by atoms with Gasteiger partial charge in [-0.3, -0.25) is 19.6 Å². The van der Waals surface area contributed by atoms with Gasteiger partial charge >= 0.3 is 5.69 Å². The summed E-state index contributed by atoms with van der Waals surface area (Å²) in [6, 6.07) is 6.60. The van der Waals surface area contributed by atoms with Gasteiger partial charge in [-0.05, 0) is 12.1 Å². The van der Waals surface area contributed by atoms with E-state index in [9.17, 15) is 14.4 Å².